The molecule has 1 N–H and O–H groups in total. The first-order chi connectivity index (χ1) is 22.1. The molecule has 0 aliphatic heterocycles. The Morgan fingerprint density at radius 2 is 1.78 bits per heavy atom. The molecule has 0 atom stereocenters. The number of carbonyl (C=O) groups excluding carboxylic acids is 1. The number of nitro groups is 1. The van der Waals surface area contributed by atoms with Gasteiger partial charge in [0, 0.05) is 39.2 Å². The van der Waals surface area contributed by atoms with Crippen LogP contribution in [0, 0.1) is 24.0 Å². The summed E-state index contributed by atoms with van der Waals surface area (Å²) in [6.45, 7) is 4.27. The number of methoxy groups -OCH3 is 1. The molecule has 0 saturated carbocycles. The highest BCUT2D eigenvalue weighted by molar-refractivity contribution is 9.10. The number of ether oxygens (including phenoxy) is 3. The summed E-state index contributed by atoms with van der Waals surface area (Å²) in [7, 11) is 1.45. The molecule has 3 aromatic carbocycles. The summed E-state index contributed by atoms with van der Waals surface area (Å²) in [5.74, 6) is 1.16. The van der Waals surface area contributed by atoms with Gasteiger partial charge in [0.15, 0.2) is 17.3 Å². The molecule has 0 radical (unpaired) electrons. The standard InChI is InChI=1S/C33H28BrClN4O7/c1-20-7-8-21(2)38(20)24-9-11-26(12-10-24)44-19-27-13-14-28(46-27)33(40)37-36-17-23-16-29(43-3)32(31(35)30(23)34)45-18-22-5-4-6-25(15-22)39(41)42/h4-17H,18-19H2,1-3H3,(H,37,40)/b36-17+. The van der Waals surface area contributed by atoms with Crippen LogP contribution in [0.3, 0.4) is 0 Å². The molecule has 0 spiro atoms. The van der Waals surface area contributed by atoms with Gasteiger partial charge in [0.05, 0.1) is 18.2 Å². The van der Waals surface area contributed by atoms with Crippen molar-refractivity contribution in [2.45, 2.75) is 27.1 Å². The average molecular weight is 708 g/mol. The minimum atomic E-state index is -0.560. The topological polar surface area (TPSA) is 130 Å². The quantitative estimate of drug-likeness (QED) is 0.0792. The number of hydrogen-bond donors (Lipinski definition) is 1. The molecule has 11 nitrogen and oxygen atoms in total. The maximum Gasteiger partial charge on any atom is 0.307 e. The molecule has 236 valence electrons. The minimum absolute atomic E-state index is 0.0178. The molecule has 46 heavy (non-hydrogen) atoms. The van der Waals surface area contributed by atoms with Crippen LogP contribution < -0.4 is 19.6 Å². The molecule has 0 bridgehead atoms. The van der Waals surface area contributed by atoms with Crippen LogP contribution in [-0.4, -0.2) is 28.7 Å². The Morgan fingerprint density at radius 3 is 2.48 bits per heavy atom. The number of nitrogens with one attached hydrogen (secondary N) is 1. The third kappa shape index (κ3) is 7.41. The molecule has 1 amide bonds. The molecule has 5 aromatic rings. The summed E-state index contributed by atoms with van der Waals surface area (Å²) < 4.78 is 25.4. The maximum absolute atomic E-state index is 12.7. The van der Waals surface area contributed by atoms with Crippen LogP contribution in [-0.2, 0) is 13.2 Å². The van der Waals surface area contributed by atoms with E-state index in [9.17, 15) is 14.9 Å². The second-order valence-corrected chi connectivity index (χ2v) is 11.2. The van der Waals surface area contributed by atoms with E-state index < -0.39 is 10.8 Å². The Labute approximate surface area is 277 Å². The fraction of sp³-hybridized carbons (Fsp3) is 0.152. The van der Waals surface area contributed by atoms with Crippen molar-refractivity contribution in [3.8, 4) is 22.9 Å². The summed E-state index contributed by atoms with van der Waals surface area (Å²) >= 11 is 9.98. The number of furan rings is 1. The minimum Gasteiger partial charge on any atom is -0.493 e. The fourth-order valence-electron chi connectivity index (χ4n) is 4.61. The number of halogens is 2. The van der Waals surface area contributed by atoms with Crippen molar-refractivity contribution in [2.75, 3.05) is 7.11 Å². The van der Waals surface area contributed by atoms with Crippen LogP contribution in [0.25, 0.3) is 5.69 Å². The van der Waals surface area contributed by atoms with Crippen molar-refractivity contribution < 1.29 is 28.3 Å². The van der Waals surface area contributed by atoms with Crippen molar-refractivity contribution in [1.29, 1.82) is 0 Å². The van der Waals surface area contributed by atoms with Gasteiger partial charge in [0.2, 0.25) is 0 Å². The van der Waals surface area contributed by atoms with Gasteiger partial charge >= 0.3 is 5.91 Å². The van der Waals surface area contributed by atoms with Gasteiger partial charge in [-0.15, -0.1) is 0 Å². The molecule has 0 unspecified atom stereocenters. The first kappa shape index (κ1) is 32.3. The van der Waals surface area contributed by atoms with Crippen molar-refractivity contribution in [1.82, 2.24) is 9.99 Å². The van der Waals surface area contributed by atoms with Gasteiger partial charge in [0.1, 0.15) is 29.7 Å². The lowest BCUT2D eigenvalue weighted by atomic mass is 10.2. The van der Waals surface area contributed by atoms with Crippen LogP contribution in [0.5, 0.6) is 17.2 Å². The zero-order valence-corrected chi connectivity index (χ0v) is 27.3. The van der Waals surface area contributed by atoms with Crippen molar-refractivity contribution in [2.24, 2.45) is 5.10 Å². The number of hydrogen-bond acceptors (Lipinski definition) is 8. The number of benzene rings is 3. The molecule has 0 saturated heterocycles. The van der Waals surface area contributed by atoms with Gasteiger partial charge in [0.25, 0.3) is 5.69 Å². The zero-order valence-electron chi connectivity index (χ0n) is 25.0. The summed E-state index contributed by atoms with van der Waals surface area (Å²) in [5, 5.41) is 15.3. The maximum atomic E-state index is 12.7. The van der Waals surface area contributed by atoms with Crippen molar-refractivity contribution >= 4 is 45.3 Å². The molecule has 0 fully saturated rings. The summed E-state index contributed by atoms with van der Waals surface area (Å²) in [6, 6.07) is 22.8. The number of nitro benzene ring substituents is 1. The number of rotatable bonds is 12. The van der Waals surface area contributed by atoms with Gasteiger partial charge in [-0.1, -0.05) is 23.7 Å². The number of aromatic nitrogens is 1. The first-order valence-corrected chi connectivity index (χ1v) is 15.0. The summed E-state index contributed by atoms with van der Waals surface area (Å²) in [4.78, 5) is 23.2. The fourth-order valence-corrected chi connectivity index (χ4v) is 5.27. The van der Waals surface area contributed by atoms with Crippen LogP contribution >= 0.6 is 27.5 Å². The second-order valence-electron chi connectivity index (χ2n) is 10.0. The molecule has 5 rings (SSSR count). The van der Waals surface area contributed by atoms with E-state index in [2.05, 4.69) is 57.0 Å². The third-order valence-electron chi connectivity index (χ3n) is 6.88. The lowest BCUT2D eigenvalue weighted by Crippen LogP contribution is -2.16. The average Bonchev–Trinajstić information content (AvgIpc) is 3.67. The zero-order chi connectivity index (χ0) is 32.8. The van der Waals surface area contributed by atoms with E-state index in [4.69, 9.17) is 30.2 Å². The number of carbonyl (C=O) groups is 1. The lowest BCUT2D eigenvalue weighted by Gasteiger charge is -2.15. The van der Waals surface area contributed by atoms with Gasteiger partial charge in [-0.3, -0.25) is 14.9 Å². The molecular weight excluding hydrogens is 680 g/mol. The molecule has 2 heterocycles. The van der Waals surface area contributed by atoms with Crippen LogP contribution in [0.4, 0.5) is 5.69 Å². The highest BCUT2D eigenvalue weighted by atomic mass is 79.9. The van der Waals surface area contributed by atoms with Gasteiger partial charge in [-0.2, -0.15) is 5.10 Å². The van der Waals surface area contributed by atoms with E-state index in [1.807, 2.05) is 24.3 Å². The predicted molar refractivity (Wildman–Crippen MR) is 176 cm³/mol. The molecule has 0 aliphatic carbocycles. The number of non-ortho nitro benzene ring substituents is 1. The van der Waals surface area contributed by atoms with Gasteiger partial charge < -0.3 is 23.2 Å². The van der Waals surface area contributed by atoms with E-state index in [-0.39, 0.29) is 35.4 Å². The monoisotopic (exact) mass is 706 g/mol. The Bertz CT molecular complexity index is 1900. The van der Waals surface area contributed by atoms with Gasteiger partial charge in [-0.05, 0) is 89.9 Å². The second kappa shape index (κ2) is 14.4. The Morgan fingerprint density at radius 1 is 1.04 bits per heavy atom. The highest BCUT2D eigenvalue weighted by Crippen LogP contribution is 2.42. The van der Waals surface area contributed by atoms with Crippen molar-refractivity contribution in [3.05, 3.63) is 133 Å². The van der Waals surface area contributed by atoms with Gasteiger partial charge in [-0.25, -0.2) is 5.43 Å². The predicted octanol–water partition coefficient (Wildman–Crippen LogP) is 7.94. The Balaban J connectivity index is 1.17. The summed E-state index contributed by atoms with van der Waals surface area (Å²) in [5.41, 5.74) is 6.78. The molecule has 2 aromatic heterocycles. The SMILES string of the molecule is COc1cc(/C=N/NC(=O)c2ccc(COc3ccc(-n4c(C)ccc4C)cc3)o2)c(Br)c(Cl)c1OCc1cccc([N+](=O)[O-])c1. The summed E-state index contributed by atoms with van der Waals surface area (Å²) in [6.07, 6.45) is 1.38. The lowest BCUT2D eigenvalue weighted by molar-refractivity contribution is -0.384. The number of nitrogens with zero attached hydrogens (tertiary/aromatic N) is 3. The first-order valence-electron chi connectivity index (χ1n) is 13.9. The number of hydrazone groups is 1. The van der Waals surface area contributed by atoms with Crippen molar-refractivity contribution in [3.63, 3.8) is 0 Å². The number of aryl methyl sites for hydroxylation is 2. The van der Waals surface area contributed by atoms with E-state index >= 15 is 0 Å². The number of amides is 1. The smallest absolute Gasteiger partial charge is 0.307 e. The Kier molecular flexibility index (Phi) is 10.1. The van der Waals surface area contributed by atoms with E-state index in [0.717, 1.165) is 17.1 Å². The van der Waals surface area contributed by atoms with E-state index in [1.165, 1.54) is 31.5 Å². The molecular formula is C33H28BrClN4O7. The van der Waals surface area contributed by atoms with Crippen LogP contribution in [0.2, 0.25) is 5.02 Å². The van der Waals surface area contributed by atoms with E-state index in [0.29, 0.717) is 32.9 Å². The normalized spacial score (nSPS) is 11.1. The third-order valence-corrected chi connectivity index (χ3v) is 8.33. The van der Waals surface area contributed by atoms with Crippen LogP contribution in [0.1, 0.15) is 38.8 Å². The van der Waals surface area contributed by atoms with Crippen LogP contribution in [0.15, 0.2) is 92.9 Å². The Hall–Kier alpha value is -5.07. The highest BCUT2D eigenvalue weighted by Gasteiger charge is 2.18. The molecule has 0 aliphatic rings. The largest absolute Gasteiger partial charge is 0.493 e. The van der Waals surface area contributed by atoms with E-state index in [1.54, 1.807) is 24.3 Å². The molecule has 13 heteroatoms.